The van der Waals surface area contributed by atoms with Crippen molar-refractivity contribution in [2.24, 2.45) is 0 Å². The Morgan fingerprint density at radius 3 is 2.67 bits per heavy atom. The second-order valence-corrected chi connectivity index (χ2v) is 3.77. The van der Waals surface area contributed by atoms with Gasteiger partial charge in [0.2, 0.25) is 5.91 Å². The van der Waals surface area contributed by atoms with Crippen LogP contribution in [-0.2, 0) is 20.7 Å². The summed E-state index contributed by atoms with van der Waals surface area (Å²) in [6.45, 7) is 1.27. The van der Waals surface area contributed by atoms with Gasteiger partial charge in [0.05, 0.1) is 7.11 Å². The number of hydrogen-bond acceptors (Lipinski definition) is 4. The van der Waals surface area contributed by atoms with Crippen LogP contribution in [-0.4, -0.2) is 30.1 Å². The molecule has 18 heavy (non-hydrogen) atoms. The lowest BCUT2D eigenvalue weighted by molar-refractivity contribution is -0.144. The highest BCUT2D eigenvalue weighted by molar-refractivity contribution is 5.83. The lowest BCUT2D eigenvalue weighted by Crippen LogP contribution is -2.42. The number of esters is 1. The van der Waals surface area contributed by atoms with E-state index in [1.165, 1.54) is 26.2 Å². The summed E-state index contributed by atoms with van der Waals surface area (Å²) in [5, 5.41) is 11.5. The predicted octanol–water partition coefficient (Wildman–Crippen LogP) is 0.751. The van der Waals surface area contributed by atoms with E-state index in [-0.39, 0.29) is 12.3 Å². The maximum Gasteiger partial charge on any atom is 0.328 e. The Bertz CT molecular complexity index is 461. The van der Waals surface area contributed by atoms with Gasteiger partial charge < -0.3 is 15.2 Å². The Kier molecular flexibility index (Phi) is 4.65. The normalized spacial score (nSPS) is 11.7. The molecule has 0 saturated carbocycles. The Hall–Kier alpha value is -2.11. The van der Waals surface area contributed by atoms with E-state index < -0.39 is 23.6 Å². The van der Waals surface area contributed by atoms with Gasteiger partial charge >= 0.3 is 5.97 Å². The van der Waals surface area contributed by atoms with Crippen LogP contribution in [0.4, 0.5) is 4.39 Å². The first kappa shape index (κ1) is 14.0. The van der Waals surface area contributed by atoms with Crippen LogP contribution in [0.5, 0.6) is 5.75 Å². The fourth-order valence-electron chi connectivity index (χ4n) is 1.49. The maximum atomic E-state index is 13.1. The molecule has 0 aliphatic rings. The van der Waals surface area contributed by atoms with Gasteiger partial charge in [-0.05, 0) is 17.7 Å². The van der Waals surface area contributed by atoms with Gasteiger partial charge in [-0.3, -0.25) is 4.79 Å². The van der Waals surface area contributed by atoms with Crippen molar-refractivity contribution >= 4 is 11.9 Å². The SMILES string of the molecule is COC(=O)C(Cc1ccc(O)c(F)c1)NC(C)=O. The van der Waals surface area contributed by atoms with Crippen LogP contribution in [0.2, 0.25) is 0 Å². The third-order valence-corrected chi connectivity index (χ3v) is 2.32. The maximum absolute atomic E-state index is 13.1. The number of amides is 1. The number of carbonyl (C=O) groups excluding carboxylic acids is 2. The Labute approximate surface area is 104 Å². The van der Waals surface area contributed by atoms with Crippen molar-refractivity contribution < 1.29 is 23.8 Å². The molecule has 5 nitrogen and oxygen atoms in total. The summed E-state index contributed by atoms with van der Waals surface area (Å²) in [7, 11) is 1.20. The summed E-state index contributed by atoms with van der Waals surface area (Å²) in [6.07, 6.45) is 0.0868. The number of benzene rings is 1. The number of ether oxygens (including phenoxy) is 1. The molecular weight excluding hydrogens is 241 g/mol. The molecule has 0 aromatic heterocycles. The summed E-state index contributed by atoms with van der Waals surface area (Å²) < 4.78 is 17.7. The van der Waals surface area contributed by atoms with Crippen molar-refractivity contribution in [2.45, 2.75) is 19.4 Å². The molecule has 1 rings (SSSR count). The van der Waals surface area contributed by atoms with Gasteiger partial charge in [0, 0.05) is 13.3 Å². The van der Waals surface area contributed by atoms with Gasteiger partial charge in [-0.15, -0.1) is 0 Å². The molecule has 0 saturated heterocycles. The van der Waals surface area contributed by atoms with E-state index in [4.69, 9.17) is 5.11 Å². The predicted molar refractivity (Wildman–Crippen MR) is 61.4 cm³/mol. The molecule has 0 aliphatic carbocycles. The van der Waals surface area contributed by atoms with E-state index in [2.05, 4.69) is 10.1 Å². The Balaban J connectivity index is 2.85. The average Bonchev–Trinajstić information content (AvgIpc) is 2.31. The average molecular weight is 255 g/mol. The number of nitrogens with one attached hydrogen (secondary N) is 1. The van der Waals surface area contributed by atoms with Crippen LogP contribution < -0.4 is 5.32 Å². The molecule has 6 heteroatoms. The van der Waals surface area contributed by atoms with Crippen molar-refractivity contribution in [2.75, 3.05) is 7.11 Å². The van der Waals surface area contributed by atoms with Gasteiger partial charge in [0.25, 0.3) is 0 Å². The largest absolute Gasteiger partial charge is 0.505 e. The van der Waals surface area contributed by atoms with Gasteiger partial charge in [0.1, 0.15) is 6.04 Å². The smallest absolute Gasteiger partial charge is 0.328 e. The van der Waals surface area contributed by atoms with Gasteiger partial charge in [-0.25, -0.2) is 9.18 Å². The molecule has 0 fully saturated rings. The summed E-state index contributed by atoms with van der Waals surface area (Å²) in [5.41, 5.74) is 0.467. The van der Waals surface area contributed by atoms with Crippen LogP contribution in [0.1, 0.15) is 12.5 Å². The molecular formula is C12H14FNO4. The highest BCUT2D eigenvalue weighted by Crippen LogP contribution is 2.17. The summed E-state index contributed by atoms with van der Waals surface area (Å²) >= 11 is 0. The van der Waals surface area contributed by atoms with E-state index in [0.29, 0.717) is 5.56 Å². The number of halogens is 1. The second kappa shape index (κ2) is 6.00. The quantitative estimate of drug-likeness (QED) is 0.778. The molecule has 1 unspecified atom stereocenters. The van der Waals surface area contributed by atoms with Crippen LogP contribution in [0.25, 0.3) is 0 Å². The van der Waals surface area contributed by atoms with E-state index >= 15 is 0 Å². The van der Waals surface area contributed by atoms with Crippen molar-refractivity contribution in [3.8, 4) is 5.75 Å². The zero-order valence-corrected chi connectivity index (χ0v) is 10.1. The van der Waals surface area contributed by atoms with Gasteiger partial charge in [-0.2, -0.15) is 0 Å². The second-order valence-electron chi connectivity index (χ2n) is 3.77. The van der Waals surface area contributed by atoms with Crippen LogP contribution >= 0.6 is 0 Å². The fraction of sp³-hybridized carbons (Fsp3) is 0.333. The fourth-order valence-corrected chi connectivity index (χ4v) is 1.49. The molecule has 0 bridgehead atoms. The van der Waals surface area contributed by atoms with E-state index in [9.17, 15) is 14.0 Å². The highest BCUT2D eigenvalue weighted by atomic mass is 19.1. The van der Waals surface area contributed by atoms with Crippen molar-refractivity contribution in [3.05, 3.63) is 29.6 Å². The summed E-state index contributed by atoms with van der Waals surface area (Å²) in [5.74, 6) is -2.24. The van der Waals surface area contributed by atoms with Crippen LogP contribution in [0.3, 0.4) is 0 Å². The number of rotatable bonds is 4. The molecule has 98 valence electrons. The molecule has 0 heterocycles. The minimum Gasteiger partial charge on any atom is -0.505 e. The van der Waals surface area contributed by atoms with Crippen molar-refractivity contribution in [1.29, 1.82) is 0 Å². The number of hydrogen-bond donors (Lipinski definition) is 2. The third kappa shape index (κ3) is 3.73. The first-order valence-electron chi connectivity index (χ1n) is 5.26. The first-order chi connectivity index (χ1) is 8.43. The highest BCUT2D eigenvalue weighted by Gasteiger charge is 2.20. The zero-order valence-electron chi connectivity index (χ0n) is 10.1. The molecule has 1 atom stereocenters. The number of phenolic OH excluding ortho intramolecular Hbond substituents is 1. The summed E-state index contributed by atoms with van der Waals surface area (Å²) in [4.78, 5) is 22.4. The standard InChI is InChI=1S/C12H14FNO4/c1-7(15)14-10(12(17)18-2)6-8-3-4-11(16)9(13)5-8/h3-5,10,16H,6H2,1-2H3,(H,14,15). The topological polar surface area (TPSA) is 75.6 Å². The minimum atomic E-state index is -0.878. The molecule has 1 aromatic rings. The minimum absolute atomic E-state index is 0.0868. The molecule has 1 aromatic carbocycles. The molecule has 0 aliphatic heterocycles. The zero-order chi connectivity index (χ0) is 13.7. The Morgan fingerprint density at radius 1 is 1.50 bits per heavy atom. The van der Waals surface area contributed by atoms with E-state index in [1.807, 2.05) is 0 Å². The molecule has 1 amide bonds. The van der Waals surface area contributed by atoms with Crippen LogP contribution in [0, 0.1) is 5.82 Å². The molecule has 0 radical (unpaired) electrons. The third-order valence-electron chi connectivity index (χ3n) is 2.32. The number of carbonyl (C=O) groups is 2. The van der Waals surface area contributed by atoms with Crippen LogP contribution in [0.15, 0.2) is 18.2 Å². The summed E-state index contributed by atoms with van der Waals surface area (Å²) in [6, 6.07) is 2.88. The molecule has 2 N–H and O–H groups in total. The van der Waals surface area contributed by atoms with Crippen molar-refractivity contribution in [1.82, 2.24) is 5.32 Å². The lowest BCUT2D eigenvalue weighted by atomic mass is 10.1. The molecule has 0 spiro atoms. The monoisotopic (exact) mass is 255 g/mol. The lowest BCUT2D eigenvalue weighted by Gasteiger charge is -2.15. The number of aromatic hydroxyl groups is 1. The van der Waals surface area contributed by atoms with E-state index in [0.717, 1.165) is 6.07 Å². The van der Waals surface area contributed by atoms with Gasteiger partial charge in [-0.1, -0.05) is 6.07 Å². The number of methoxy groups -OCH3 is 1. The first-order valence-corrected chi connectivity index (χ1v) is 5.26. The van der Waals surface area contributed by atoms with Crippen molar-refractivity contribution in [3.63, 3.8) is 0 Å². The Morgan fingerprint density at radius 2 is 2.17 bits per heavy atom. The number of phenols is 1. The van der Waals surface area contributed by atoms with E-state index in [1.54, 1.807) is 0 Å². The van der Waals surface area contributed by atoms with Gasteiger partial charge in [0.15, 0.2) is 11.6 Å².